The van der Waals surface area contributed by atoms with Gasteiger partial charge in [-0.25, -0.2) is 0 Å². The first-order valence-electron chi connectivity index (χ1n) is 4.75. The van der Waals surface area contributed by atoms with Crippen molar-refractivity contribution >= 4 is 23.2 Å². The van der Waals surface area contributed by atoms with Gasteiger partial charge < -0.3 is 20.1 Å². The Labute approximate surface area is 96.7 Å². The summed E-state index contributed by atoms with van der Waals surface area (Å²) in [7, 11) is 0. The maximum atomic E-state index is 11.6. The highest BCUT2D eigenvalue weighted by Crippen LogP contribution is 2.34. The van der Waals surface area contributed by atoms with Crippen LogP contribution in [-0.2, 0) is 4.79 Å². The van der Waals surface area contributed by atoms with Crippen LogP contribution in [0.3, 0.4) is 0 Å². The summed E-state index contributed by atoms with van der Waals surface area (Å²) >= 11 is 4.87. The van der Waals surface area contributed by atoms with Gasteiger partial charge in [-0.15, -0.1) is 0 Å². The lowest BCUT2D eigenvalue weighted by Gasteiger charge is -2.08. The van der Waals surface area contributed by atoms with Crippen molar-refractivity contribution in [3.63, 3.8) is 0 Å². The third-order valence-corrected chi connectivity index (χ3v) is 2.72. The summed E-state index contributed by atoms with van der Waals surface area (Å²) < 4.78 is 10.4. The van der Waals surface area contributed by atoms with Gasteiger partial charge in [-0.05, 0) is 29.9 Å². The van der Waals surface area contributed by atoms with Crippen molar-refractivity contribution in [2.75, 3.05) is 6.79 Å². The Balaban J connectivity index is 1.95. The number of carbonyl (C=O) groups is 1. The number of hydrogen-bond acceptors (Lipinski definition) is 4. The van der Waals surface area contributed by atoms with Crippen LogP contribution in [0.1, 0.15) is 11.6 Å². The molecule has 1 aromatic carbocycles. The molecule has 82 valence electrons. The van der Waals surface area contributed by atoms with Crippen LogP contribution in [0.4, 0.5) is 0 Å². The molecule has 0 aromatic heterocycles. The summed E-state index contributed by atoms with van der Waals surface area (Å²) in [5.74, 6) is 1.21. The molecule has 1 unspecified atom stereocenters. The van der Waals surface area contributed by atoms with E-state index in [-0.39, 0.29) is 12.7 Å². The quantitative estimate of drug-likeness (QED) is 0.694. The second-order valence-corrected chi connectivity index (χ2v) is 3.92. The highest BCUT2D eigenvalue weighted by molar-refractivity contribution is 7.80. The van der Waals surface area contributed by atoms with Gasteiger partial charge in [-0.3, -0.25) is 4.79 Å². The zero-order valence-corrected chi connectivity index (χ0v) is 8.97. The maximum Gasteiger partial charge on any atom is 0.253 e. The Kier molecular flexibility index (Phi) is 1.97. The second kappa shape index (κ2) is 3.34. The van der Waals surface area contributed by atoms with Crippen LogP contribution in [0.25, 0.3) is 0 Å². The summed E-state index contributed by atoms with van der Waals surface area (Å²) in [6, 6.07) is 4.95. The molecule has 5 nitrogen and oxygen atoms in total. The molecule has 1 aromatic rings. The molecule has 1 fully saturated rings. The molecule has 1 atom stereocenters. The molecular formula is C10H8N2O3S. The number of amides is 1. The van der Waals surface area contributed by atoms with Crippen LogP contribution < -0.4 is 20.1 Å². The second-order valence-electron chi connectivity index (χ2n) is 3.51. The molecule has 0 spiro atoms. The van der Waals surface area contributed by atoms with E-state index in [9.17, 15) is 4.79 Å². The van der Waals surface area contributed by atoms with Gasteiger partial charge in [-0.1, -0.05) is 6.07 Å². The fourth-order valence-electron chi connectivity index (χ4n) is 1.74. The fraction of sp³-hybridized carbons (Fsp3) is 0.200. The van der Waals surface area contributed by atoms with Gasteiger partial charge >= 0.3 is 0 Å². The molecule has 2 heterocycles. The smallest absolute Gasteiger partial charge is 0.253 e. The first kappa shape index (κ1) is 9.41. The molecule has 1 saturated heterocycles. The molecule has 0 saturated carbocycles. The van der Waals surface area contributed by atoms with Crippen LogP contribution in [0.2, 0.25) is 0 Å². The van der Waals surface area contributed by atoms with Gasteiger partial charge in [0.05, 0.1) is 0 Å². The molecule has 16 heavy (non-hydrogen) atoms. The Morgan fingerprint density at radius 2 is 2.12 bits per heavy atom. The van der Waals surface area contributed by atoms with Crippen molar-refractivity contribution in [2.45, 2.75) is 6.04 Å². The monoisotopic (exact) mass is 236 g/mol. The molecule has 2 N–H and O–H groups in total. The Hall–Kier alpha value is -1.82. The molecule has 3 rings (SSSR count). The lowest BCUT2D eigenvalue weighted by molar-refractivity contribution is -0.120. The molecule has 0 radical (unpaired) electrons. The zero-order chi connectivity index (χ0) is 11.1. The van der Waals surface area contributed by atoms with E-state index in [0.717, 1.165) is 5.56 Å². The summed E-state index contributed by atoms with van der Waals surface area (Å²) in [5, 5.41) is 5.78. The van der Waals surface area contributed by atoms with Crippen LogP contribution in [-0.4, -0.2) is 17.8 Å². The predicted molar refractivity (Wildman–Crippen MR) is 59.2 cm³/mol. The minimum Gasteiger partial charge on any atom is -0.454 e. The number of fused-ring (bicyclic) bond motifs is 1. The largest absolute Gasteiger partial charge is 0.454 e. The number of ether oxygens (including phenoxy) is 2. The van der Waals surface area contributed by atoms with E-state index in [1.807, 2.05) is 6.07 Å². The topological polar surface area (TPSA) is 59.6 Å². The van der Waals surface area contributed by atoms with Crippen LogP contribution >= 0.6 is 12.2 Å². The van der Waals surface area contributed by atoms with Gasteiger partial charge in [0.1, 0.15) is 6.04 Å². The zero-order valence-electron chi connectivity index (χ0n) is 8.15. The first-order chi connectivity index (χ1) is 7.74. The molecule has 0 aliphatic carbocycles. The molecular weight excluding hydrogens is 228 g/mol. The van der Waals surface area contributed by atoms with Crippen LogP contribution in [0.5, 0.6) is 11.5 Å². The first-order valence-corrected chi connectivity index (χ1v) is 5.16. The van der Waals surface area contributed by atoms with Gasteiger partial charge in [0.15, 0.2) is 16.6 Å². The highest BCUT2D eigenvalue weighted by Gasteiger charge is 2.29. The van der Waals surface area contributed by atoms with E-state index in [4.69, 9.17) is 21.7 Å². The standard InChI is InChI=1S/C10H8N2O3S/c13-9-8(11-10(16)12-9)5-1-2-6-7(3-5)15-4-14-6/h1-3,8H,4H2,(H2,11,12,13,16). The number of carbonyl (C=O) groups excluding carboxylic acids is 1. The number of hydrogen-bond donors (Lipinski definition) is 2. The van der Waals surface area contributed by atoms with Crippen LogP contribution in [0, 0.1) is 0 Å². The van der Waals surface area contributed by atoms with Crippen molar-refractivity contribution < 1.29 is 14.3 Å². The van der Waals surface area contributed by atoms with Crippen LogP contribution in [0.15, 0.2) is 18.2 Å². The van der Waals surface area contributed by atoms with Crippen molar-refractivity contribution in [3.05, 3.63) is 23.8 Å². The molecule has 2 aliphatic heterocycles. The number of nitrogens with one attached hydrogen (secondary N) is 2. The Morgan fingerprint density at radius 1 is 1.31 bits per heavy atom. The molecule has 1 amide bonds. The molecule has 2 aliphatic rings. The van der Waals surface area contributed by atoms with Crippen molar-refractivity contribution in [1.82, 2.24) is 10.6 Å². The molecule has 6 heteroatoms. The number of benzene rings is 1. The minimum absolute atomic E-state index is 0.149. The lowest BCUT2D eigenvalue weighted by atomic mass is 10.1. The average Bonchev–Trinajstić information content (AvgIpc) is 2.83. The van der Waals surface area contributed by atoms with Gasteiger partial charge in [0.25, 0.3) is 5.91 Å². The van der Waals surface area contributed by atoms with Crippen molar-refractivity contribution in [3.8, 4) is 11.5 Å². The van der Waals surface area contributed by atoms with E-state index in [1.165, 1.54) is 0 Å². The number of thiocarbonyl (C=S) groups is 1. The SMILES string of the molecule is O=C1NC(=S)NC1c1ccc2c(c1)OCO2. The Bertz CT molecular complexity index is 489. The van der Waals surface area contributed by atoms with Gasteiger partial charge in [0, 0.05) is 0 Å². The third kappa shape index (κ3) is 1.38. The fourth-order valence-corrected chi connectivity index (χ4v) is 1.96. The summed E-state index contributed by atoms with van der Waals surface area (Å²) in [6.07, 6.45) is 0. The third-order valence-electron chi connectivity index (χ3n) is 2.50. The van der Waals surface area contributed by atoms with E-state index in [0.29, 0.717) is 16.6 Å². The summed E-state index contributed by atoms with van der Waals surface area (Å²) in [6.45, 7) is 0.224. The highest BCUT2D eigenvalue weighted by atomic mass is 32.1. The van der Waals surface area contributed by atoms with E-state index >= 15 is 0 Å². The molecule has 0 bridgehead atoms. The average molecular weight is 236 g/mol. The minimum atomic E-state index is -0.443. The van der Waals surface area contributed by atoms with Crippen molar-refractivity contribution in [2.24, 2.45) is 0 Å². The van der Waals surface area contributed by atoms with Crippen molar-refractivity contribution in [1.29, 1.82) is 0 Å². The Morgan fingerprint density at radius 3 is 2.88 bits per heavy atom. The normalized spacial score (nSPS) is 21.9. The maximum absolute atomic E-state index is 11.6. The van der Waals surface area contributed by atoms with Gasteiger partial charge in [0.2, 0.25) is 6.79 Å². The van der Waals surface area contributed by atoms with E-state index in [1.54, 1.807) is 12.1 Å². The lowest BCUT2D eigenvalue weighted by Crippen LogP contribution is -2.21. The summed E-state index contributed by atoms with van der Waals surface area (Å²) in [5.41, 5.74) is 0.807. The number of rotatable bonds is 1. The van der Waals surface area contributed by atoms with E-state index < -0.39 is 6.04 Å². The summed E-state index contributed by atoms with van der Waals surface area (Å²) in [4.78, 5) is 11.6. The van der Waals surface area contributed by atoms with Gasteiger partial charge in [-0.2, -0.15) is 0 Å². The predicted octanol–water partition coefficient (Wildman–Crippen LogP) is 0.461. The van der Waals surface area contributed by atoms with E-state index in [2.05, 4.69) is 10.6 Å².